The Bertz CT molecular complexity index is 461. The van der Waals surface area contributed by atoms with E-state index in [0.717, 1.165) is 25.7 Å². The molecule has 0 saturated carbocycles. The highest BCUT2D eigenvalue weighted by atomic mass is 16.6. The summed E-state index contributed by atoms with van der Waals surface area (Å²) in [5.41, 5.74) is -0.470. The molecular formula is C17H26N2O3. The Morgan fingerprint density at radius 3 is 2.36 bits per heavy atom. The van der Waals surface area contributed by atoms with Gasteiger partial charge in [-0.2, -0.15) is 0 Å². The largest absolute Gasteiger partial charge is 0.444 e. The van der Waals surface area contributed by atoms with Gasteiger partial charge in [0.2, 0.25) is 5.91 Å². The average Bonchev–Trinajstić information content (AvgIpc) is 2.66. The summed E-state index contributed by atoms with van der Waals surface area (Å²) in [4.78, 5) is 26.0. The van der Waals surface area contributed by atoms with Crippen LogP contribution in [-0.2, 0) is 9.53 Å². The van der Waals surface area contributed by atoms with Gasteiger partial charge in [0, 0.05) is 18.5 Å². The van der Waals surface area contributed by atoms with Gasteiger partial charge in [-0.05, 0) is 52.4 Å². The van der Waals surface area contributed by atoms with E-state index in [1.165, 1.54) is 0 Å². The summed E-state index contributed by atoms with van der Waals surface area (Å²) in [6, 6.07) is 0.415. The lowest BCUT2D eigenvalue weighted by Crippen LogP contribution is -2.49. The molecule has 2 fully saturated rings. The zero-order valence-electron chi connectivity index (χ0n) is 13.7. The maximum Gasteiger partial charge on any atom is 0.410 e. The van der Waals surface area contributed by atoms with E-state index >= 15 is 0 Å². The Morgan fingerprint density at radius 1 is 1.27 bits per heavy atom. The summed E-state index contributed by atoms with van der Waals surface area (Å²) < 4.78 is 5.51. The second-order valence-corrected chi connectivity index (χ2v) is 7.30. The van der Waals surface area contributed by atoms with Gasteiger partial charge in [0.1, 0.15) is 5.60 Å². The molecule has 5 heteroatoms. The number of piperidine rings is 1. The maximum atomic E-state index is 12.3. The molecule has 2 amide bonds. The number of ether oxygens (including phenoxy) is 1. The van der Waals surface area contributed by atoms with E-state index in [-0.39, 0.29) is 30.6 Å². The van der Waals surface area contributed by atoms with Crippen molar-refractivity contribution < 1.29 is 14.3 Å². The van der Waals surface area contributed by atoms with Gasteiger partial charge < -0.3 is 15.0 Å². The number of hydrogen-bond donors (Lipinski definition) is 1. The van der Waals surface area contributed by atoms with Gasteiger partial charge in [0.25, 0.3) is 0 Å². The highest BCUT2D eigenvalue weighted by molar-refractivity contribution is 5.76. The molecule has 2 bridgehead atoms. The van der Waals surface area contributed by atoms with Crippen LogP contribution >= 0.6 is 0 Å². The number of nitrogens with zero attached hydrogens (tertiary/aromatic N) is 1. The fourth-order valence-electron chi connectivity index (χ4n) is 3.55. The van der Waals surface area contributed by atoms with Gasteiger partial charge in [0.05, 0.1) is 6.54 Å². The maximum absolute atomic E-state index is 12.3. The lowest BCUT2D eigenvalue weighted by Gasteiger charge is -2.39. The molecule has 0 aromatic rings. The van der Waals surface area contributed by atoms with E-state index in [9.17, 15) is 9.59 Å². The van der Waals surface area contributed by atoms with E-state index < -0.39 is 5.60 Å². The predicted octanol–water partition coefficient (Wildman–Crippen LogP) is 2.30. The smallest absolute Gasteiger partial charge is 0.410 e. The van der Waals surface area contributed by atoms with Crippen LogP contribution in [0.2, 0.25) is 0 Å². The van der Waals surface area contributed by atoms with Crippen molar-refractivity contribution in [3.63, 3.8) is 0 Å². The van der Waals surface area contributed by atoms with Crippen LogP contribution in [0.15, 0.2) is 0 Å². The first-order valence-electron chi connectivity index (χ1n) is 8.01. The molecule has 2 unspecified atom stereocenters. The molecule has 0 aromatic heterocycles. The molecule has 2 rings (SSSR count). The molecule has 0 aromatic carbocycles. The lowest BCUT2D eigenvalue weighted by atomic mass is 9.88. The minimum atomic E-state index is -0.470. The third kappa shape index (κ3) is 4.16. The van der Waals surface area contributed by atoms with Gasteiger partial charge in [-0.15, -0.1) is 6.42 Å². The van der Waals surface area contributed by atoms with Crippen LogP contribution in [0.25, 0.3) is 0 Å². The summed E-state index contributed by atoms with van der Waals surface area (Å²) >= 11 is 0. The SMILES string of the molecule is C#CCNC(=O)CC1CC2CCC(C1)N2C(=O)OC(C)(C)C. The Hall–Kier alpha value is -1.70. The number of terminal acetylenes is 1. The van der Waals surface area contributed by atoms with E-state index in [0.29, 0.717) is 12.3 Å². The second kappa shape index (κ2) is 6.60. The summed E-state index contributed by atoms with van der Waals surface area (Å²) in [6.45, 7) is 5.93. The fourth-order valence-corrected chi connectivity index (χ4v) is 3.55. The van der Waals surface area contributed by atoms with Crippen LogP contribution in [0.5, 0.6) is 0 Å². The number of hydrogen-bond acceptors (Lipinski definition) is 3. The van der Waals surface area contributed by atoms with Crippen molar-refractivity contribution in [1.29, 1.82) is 0 Å². The van der Waals surface area contributed by atoms with Gasteiger partial charge >= 0.3 is 6.09 Å². The molecule has 2 aliphatic heterocycles. The topological polar surface area (TPSA) is 58.6 Å². The highest BCUT2D eigenvalue weighted by Gasteiger charge is 2.44. The standard InChI is InChI=1S/C17H26N2O3/c1-5-8-18-15(20)11-12-9-13-6-7-14(10-12)19(13)16(21)22-17(2,3)4/h1,12-14H,6-11H2,2-4H3,(H,18,20). The monoisotopic (exact) mass is 306 g/mol. The van der Waals surface area contributed by atoms with Crippen molar-refractivity contribution in [2.75, 3.05) is 6.54 Å². The van der Waals surface area contributed by atoms with Crippen LogP contribution in [0, 0.1) is 18.3 Å². The number of carbonyl (C=O) groups excluding carboxylic acids is 2. The first-order valence-corrected chi connectivity index (χ1v) is 8.01. The molecule has 22 heavy (non-hydrogen) atoms. The number of amides is 2. The Balaban J connectivity index is 1.90. The van der Waals surface area contributed by atoms with Gasteiger partial charge in [-0.25, -0.2) is 4.79 Å². The molecule has 122 valence electrons. The molecule has 1 N–H and O–H groups in total. The number of fused-ring (bicyclic) bond motifs is 2. The van der Waals surface area contributed by atoms with Crippen LogP contribution in [0.1, 0.15) is 52.9 Å². The minimum Gasteiger partial charge on any atom is -0.444 e. The Labute approximate surface area is 132 Å². The molecule has 5 nitrogen and oxygen atoms in total. The van der Waals surface area contributed by atoms with Crippen molar-refractivity contribution >= 4 is 12.0 Å². The van der Waals surface area contributed by atoms with Crippen molar-refractivity contribution in [1.82, 2.24) is 10.2 Å². The van der Waals surface area contributed by atoms with Crippen molar-refractivity contribution in [2.45, 2.75) is 70.6 Å². The van der Waals surface area contributed by atoms with Gasteiger partial charge in [-0.3, -0.25) is 4.79 Å². The normalized spacial score (nSPS) is 27.2. The average molecular weight is 306 g/mol. The van der Waals surface area contributed by atoms with Crippen LogP contribution in [0.4, 0.5) is 4.79 Å². The number of carbonyl (C=O) groups is 2. The van der Waals surface area contributed by atoms with Gasteiger partial charge in [0.15, 0.2) is 0 Å². The molecule has 0 aliphatic carbocycles. The van der Waals surface area contributed by atoms with Crippen molar-refractivity contribution in [3.8, 4) is 12.3 Å². The summed E-state index contributed by atoms with van der Waals surface area (Å²) in [5.74, 6) is 2.74. The second-order valence-electron chi connectivity index (χ2n) is 7.30. The zero-order chi connectivity index (χ0) is 16.3. The van der Waals surface area contributed by atoms with Crippen LogP contribution in [-0.4, -0.2) is 41.1 Å². The summed E-state index contributed by atoms with van der Waals surface area (Å²) in [7, 11) is 0. The van der Waals surface area contributed by atoms with Crippen molar-refractivity contribution in [3.05, 3.63) is 0 Å². The van der Waals surface area contributed by atoms with E-state index in [4.69, 9.17) is 11.2 Å². The zero-order valence-corrected chi connectivity index (χ0v) is 13.7. The Morgan fingerprint density at radius 2 is 1.86 bits per heavy atom. The first-order chi connectivity index (χ1) is 10.3. The fraction of sp³-hybridized carbons (Fsp3) is 0.765. The Kier molecular flexibility index (Phi) is 5.00. The number of rotatable bonds is 3. The van der Waals surface area contributed by atoms with Crippen LogP contribution < -0.4 is 5.32 Å². The van der Waals surface area contributed by atoms with Gasteiger partial charge in [-0.1, -0.05) is 5.92 Å². The first kappa shape index (κ1) is 16.7. The lowest BCUT2D eigenvalue weighted by molar-refractivity contribution is -0.122. The quantitative estimate of drug-likeness (QED) is 0.814. The molecule has 2 aliphatic rings. The molecule has 2 heterocycles. The molecular weight excluding hydrogens is 280 g/mol. The van der Waals surface area contributed by atoms with E-state index in [2.05, 4.69) is 11.2 Å². The molecule has 0 spiro atoms. The summed E-state index contributed by atoms with van der Waals surface area (Å²) in [6.07, 6.45) is 9.19. The van der Waals surface area contributed by atoms with Crippen LogP contribution in [0.3, 0.4) is 0 Å². The van der Waals surface area contributed by atoms with Crippen molar-refractivity contribution in [2.24, 2.45) is 5.92 Å². The summed E-state index contributed by atoms with van der Waals surface area (Å²) in [5, 5.41) is 2.71. The highest BCUT2D eigenvalue weighted by Crippen LogP contribution is 2.40. The third-order valence-electron chi connectivity index (χ3n) is 4.30. The molecule has 0 radical (unpaired) electrons. The minimum absolute atomic E-state index is 0.00747. The molecule has 2 saturated heterocycles. The number of nitrogens with one attached hydrogen (secondary N) is 1. The third-order valence-corrected chi connectivity index (χ3v) is 4.30. The molecule has 2 atom stereocenters. The predicted molar refractivity (Wildman–Crippen MR) is 84.1 cm³/mol. The van der Waals surface area contributed by atoms with E-state index in [1.807, 2.05) is 25.7 Å². The van der Waals surface area contributed by atoms with E-state index in [1.54, 1.807) is 0 Å².